The van der Waals surface area contributed by atoms with Crippen molar-refractivity contribution in [3.63, 3.8) is 0 Å². The van der Waals surface area contributed by atoms with Crippen LogP contribution in [0, 0.1) is 0 Å². The van der Waals surface area contributed by atoms with Gasteiger partial charge in [0.05, 0.1) is 11.0 Å². The number of ether oxygens (including phenoxy) is 2. The standard InChI is InChI=1S/C48H31NO2/c1-3-14-32(15-4-1)33-26-28-40-38-19-8-11-24-45(38)50-46-25-12-9-20-39(46)41-22-13-21-36(48(41)51-47(40)31-33)34-27-29-44-42(30-34)37-18-7-10-23-43(37)49(44)35-16-5-2-6-17-35/h1-31H. The molecule has 1 aromatic heterocycles. The highest BCUT2D eigenvalue weighted by Crippen LogP contribution is 2.50. The molecule has 0 unspecified atom stereocenters. The van der Waals surface area contributed by atoms with E-state index in [1.807, 2.05) is 30.3 Å². The van der Waals surface area contributed by atoms with Gasteiger partial charge in [0.15, 0.2) is 0 Å². The maximum Gasteiger partial charge on any atom is 0.143 e. The third-order valence-electron chi connectivity index (χ3n) is 9.89. The summed E-state index contributed by atoms with van der Waals surface area (Å²) in [6.07, 6.45) is 0. The summed E-state index contributed by atoms with van der Waals surface area (Å²) < 4.78 is 16.4. The number of fused-ring (bicyclic) bond motifs is 9. The molecule has 3 nitrogen and oxygen atoms in total. The van der Waals surface area contributed by atoms with E-state index in [1.54, 1.807) is 0 Å². The highest BCUT2D eigenvalue weighted by molar-refractivity contribution is 6.10. The Morgan fingerprint density at radius 3 is 1.71 bits per heavy atom. The van der Waals surface area contributed by atoms with E-state index in [0.717, 1.165) is 78.7 Å². The Morgan fingerprint density at radius 2 is 0.902 bits per heavy atom. The molecule has 0 aliphatic carbocycles. The lowest BCUT2D eigenvalue weighted by Crippen LogP contribution is -1.99. The zero-order chi connectivity index (χ0) is 33.7. The van der Waals surface area contributed by atoms with E-state index in [2.05, 4.69) is 162 Å². The number of rotatable bonds is 3. The van der Waals surface area contributed by atoms with Gasteiger partial charge in [0.1, 0.15) is 23.0 Å². The predicted octanol–water partition coefficient (Wildman–Crippen LogP) is 13.3. The van der Waals surface area contributed by atoms with Crippen LogP contribution in [0.1, 0.15) is 0 Å². The van der Waals surface area contributed by atoms with Gasteiger partial charge in [-0.25, -0.2) is 0 Å². The molecule has 0 amide bonds. The summed E-state index contributed by atoms with van der Waals surface area (Å²) in [5, 5.41) is 2.40. The van der Waals surface area contributed by atoms with E-state index in [1.165, 1.54) is 16.3 Å². The molecule has 240 valence electrons. The van der Waals surface area contributed by atoms with E-state index >= 15 is 0 Å². The fourth-order valence-electron chi connectivity index (χ4n) is 7.51. The Morgan fingerprint density at radius 1 is 0.314 bits per heavy atom. The zero-order valence-electron chi connectivity index (χ0n) is 27.7. The summed E-state index contributed by atoms with van der Waals surface area (Å²) in [6, 6.07) is 65.8. The average molecular weight is 654 g/mol. The molecule has 1 aliphatic rings. The molecule has 0 saturated carbocycles. The molecular weight excluding hydrogens is 623 g/mol. The lowest BCUT2D eigenvalue weighted by molar-refractivity contribution is 0.473. The van der Waals surface area contributed by atoms with Crippen LogP contribution in [0.2, 0.25) is 0 Å². The van der Waals surface area contributed by atoms with Gasteiger partial charge in [-0.3, -0.25) is 0 Å². The number of para-hydroxylation sites is 5. The summed E-state index contributed by atoms with van der Waals surface area (Å²) >= 11 is 0. The summed E-state index contributed by atoms with van der Waals surface area (Å²) in [7, 11) is 0. The summed E-state index contributed by atoms with van der Waals surface area (Å²) in [5.74, 6) is 3.10. The van der Waals surface area contributed by atoms with Crippen LogP contribution in [-0.4, -0.2) is 4.57 Å². The van der Waals surface area contributed by atoms with Crippen molar-refractivity contribution in [1.29, 1.82) is 0 Å². The lowest BCUT2D eigenvalue weighted by atomic mass is 9.94. The number of hydrogen-bond acceptors (Lipinski definition) is 2. The lowest BCUT2D eigenvalue weighted by Gasteiger charge is -2.23. The maximum atomic E-state index is 7.29. The first kappa shape index (κ1) is 29.1. The molecule has 10 rings (SSSR count). The van der Waals surface area contributed by atoms with Gasteiger partial charge in [0, 0.05) is 44.3 Å². The van der Waals surface area contributed by atoms with Crippen LogP contribution < -0.4 is 9.47 Å². The normalized spacial score (nSPS) is 11.8. The van der Waals surface area contributed by atoms with E-state index in [4.69, 9.17) is 9.47 Å². The Kier molecular flexibility index (Phi) is 6.81. The fraction of sp³-hybridized carbons (Fsp3) is 0. The molecule has 0 N–H and O–H groups in total. The molecular formula is C48H31NO2. The largest absolute Gasteiger partial charge is 0.456 e. The molecule has 1 aliphatic heterocycles. The van der Waals surface area contributed by atoms with Gasteiger partial charge in [-0.1, -0.05) is 133 Å². The van der Waals surface area contributed by atoms with Crippen molar-refractivity contribution in [2.45, 2.75) is 0 Å². The van der Waals surface area contributed by atoms with Crippen molar-refractivity contribution in [3.8, 4) is 73.2 Å². The first-order valence-electron chi connectivity index (χ1n) is 17.3. The van der Waals surface area contributed by atoms with Crippen LogP contribution in [0.25, 0.3) is 72.0 Å². The van der Waals surface area contributed by atoms with Crippen LogP contribution in [0.3, 0.4) is 0 Å². The van der Waals surface area contributed by atoms with Crippen molar-refractivity contribution in [3.05, 3.63) is 188 Å². The van der Waals surface area contributed by atoms with Gasteiger partial charge in [0.25, 0.3) is 0 Å². The number of nitrogens with zero attached hydrogens (tertiary/aromatic N) is 1. The maximum absolute atomic E-state index is 7.29. The van der Waals surface area contributed by atoms with Crippen molar-refractivity contribution >= 4 is 21.8 Å². The van der Waals surface area contributed by atoms with E-state index in [9.17, 15) is 0 Å². The highest BCUT2D eigenvalue weighted by Gasteiger charge is 2.24. The second-order valence-corrected chi connectivity index (χ2v) is 12.9. The van der Waals surface area contributed by atoms with Crippen molar-refractivity contribution in [1.82, 2.24) is 4.57 Å². The fourth-order valence-corrected chi connectivity index (χ4v) is 7.51. The minimum atomic E-state index is 0.766. The second-order valence-electron chi connectivity index (χ2n) is 12.9. The number of aromatic nitrogens is 1. The SMILES string of the molecule is c1ccc(-c2ccc3c(c2)Oc2c(-c4ccc5c(c4)c4ccccc4n5-c4ccccc4)cccc2-c2ccccc2Oc2ccccc2-3)cc1. The first-order valence-corrected chi connectivity index (χ1v) is 17.3. The molecule has 0 spiro atoms. The van der Waals surface area contributed by atoms with Crippen LogP contribution in [0.15, 0.2) is 188 Å². The smallest absolute Gasteiger partial charge is 0.143 e. The molecule has 8 aromatic carbocycles. The molecule has 0 atom stereocenters. The molecule has 0 radical (unpaired) electrons. The number of hydrogen-bond donors (Lipinski definition) is 0. The second kappa shape index (κ2) is 11.9. The Hall–Kier alpha value is -6.84. The van der Waals surface area contributed by atoms with E-state index in [0.29, 0.717) is 0 Å². The minimum Gasteiger partial charge on any atom is -0.456 e. The van der Waals surface area contributed by atoms with E-state index in [-0.39, 0.29) is 0 Å². The van der Waals surface area contributed by atoms with Gasteiger partial charge >= 0.3 is 0 Å². The zero-order valence-corrected chi connectivity index (χ0v) is 27.7. The topological polar surface area (TPSA) is 23.4 Å². The number of benzene rings is 8. The molecule has 2 heterocycles. The first-order chi connectivity index (χ1) is 25.3. The molecule has 0 bridgehead atoms. The van der Waals surface area contributed by atoms with Crippen LogP contribution in [-0.2, 0) is 0 Å². The van der Waals surface area contributed by atoms with Crippen molar-refractivity contribution < 1.29 is 9.47 Å². The monoisotopic (exact) mass is 653 g/mol. The summed E-state index contributed by atoms with van der Waals surface area (Å²) in [4.78, 5) is 0. The Bertz CT molecular complexity index is 2740. The molecule has 3 heteroatoms. The van der Waals surface area contributed by atoms with Crippen molar-refractivity contribution in [2.75, 3.05) is 0 Å². The van der Waals surface area contributed by atoms with Gasteiger partial charge in [-0.15, -0.1) is 0 Å². The minimum absolute atomic E-state index is 0.766. The highest BCUT2D eigenvalue weighted by atomic mass is 16.5. The van der Waals surface area contributed by atoms with Gasteiger partial charge in [0.2, 0.25) is 0 Å². The van der Waals surface area contributed by atoms with E-state index < -0.39 is 0 Å². The van der Waals surface area contributed by atoms with Gasteiger partial charge < -0.3 is 14.0 Å². The molecule has 0 saturated heterocycles. The molecule has 9 aromatic rings. The van der Waals surface area contributed by atoms with Crippen molar-refractivity contribution in [2.24, 2.45) is 0 Å². The third-order valence-corrected chi connectivity index (χ3v) is 9.89. The Balaban J connectivity index is 1.23. The van der Waals surface area contributed by atoms with Gasteiger partial charge in [-0.2, -0.15) is 0 Å². The Labute approximate surface area is 296 Å². The molecule has 0 fully saturated rings. The average Bonchev–Trinajstić information content (AvgIpc) is 3.53. The van der Waals surface area contributed by atoms with Crippen LogP contribution in [0.5, 0.6) is 23.0 Å². The summed E-state index contributed by atoms with van der Waals surface area (Å²) in [6.45, 7) is 0. The quantitative estimate of drug-likeness (QED) is 0.189. The van der Waals surface area contributed by atoms with Crippen LogP contribution >= 0.6 is 0 Å². The summed E-state index contributed by atoms with van der Waals surface area (Å²) in [5.41, 5.74) is 11.6. The third kappa shape index (κ3) is 4.90. The van der Waals surface area contributed by atoms with Crippen LogP contribution in [0.4, 0.5) is 0 Å². The van der Waals surface area contributed by atoms with Gasteiger partial charge in [-0.05, 0) is 71.3 Å². The molecule has 51 heavy (non-hydrogen) atoms. The predicted molar refractivity (Wildman–Crippen MR) is 209 cm³/mol.